The van der Waals surface area contributed by atoms with Crippen LogP contribution >= 0.6 is 0 Å². The van der Waals surface area contributed by atoms with Crippen LogP contribution < -0.4 is 10.6 Å². The smallest absolute Gasteiger partial charge is 0.242 e. The molecule has 0 aromatic carbocycles. The van der Waals surface area contributed by atoms with Crippen molar-refractivity contribution in [1.29, 1.82) is 0 Å². The highest BCUT2D eigenvalue weighted by molar-refractivity contribution is 5.90. The van der Waals surface area contributed by atoms with Gasteiger partial charge in [-0.25, -0.2) is 0 Å². The van der Waals surface area contributed by atoms with E-state index in [0.29, 0.717) is 6.54 Å². The van der Waals surface area contributed by atoms with Gasteiger partial charge < -0.3 is 15.5 Å². The van der Waals surface area contributed by atoms with Gasteiger partial charge in [-0.3, -0.25) is 9.59 Å². The number of piperazine rings is 1. The van der Waals surface area contributed by atoms with Gasteiger partial charge in [-0.15, -0.1) is 0 Å². The molecule has 1 aliphatic heterocycles. The first-order valence-electron chi connectivity index (χ1n) is 5.97. The SMILES string of the molecule is CC(C)(C)NC(=O)CN1CCNC(C)(C)C1=O. The lowest BCUT2D eigenvalue weighted by atomic mass is 10.0. The van der Waals surface area contributed by atoms with Crippen molar-refractivity contribution in [3.8, 4) is 0 Å². The van der Waals surface area contributed by atoms with Crippen LogP contribution in [0.25, 0.3) is 0 Å². The number of nitrogens with one attached hydrogen (secondary N) is 2. The highest BCUT2D eigenvalue weighted by Crippen LogP contribution is 2.12. The van der Waals surface area contributed by atoms with Crippen molar-refractivity contribution >= 4 is 11.8 Å². The van der Waals surface area contributed by atoms with E-state index in [9.17, 15) is 9.59 Å². The Bertz CT molecular complexity index is 318. The number of hydrogen-bond acceptors (Lipinski definition) is 3. The third-order valence-corrected chi connectivity index (χ3v) is 2.62. The molecule has 0 spiro atoms. The van der Waals surface area contributed by atoms with Gasteiger partial charge in [0.1, 0.15) is 0 Å². The maximum absolute atomic E-state index is 12.0. The molecule has 5 heteroatoms. The third kappa shape index (κ3) is 4.00. The lowest BCUT2D eigenvalue weighted by molar-refractivity contribution is -0.143. The van der Waals surface area contributed by atoms with E-state index in [4.69, 9.17) is 0 Å². The zero-order valence-electron chi connectivity index (χ0n) is 11.4. The van der Waals surface area contributed by atoms with Gasteiger partial charge >= 0.3 is 0 Å². The highest BCUT2D eigenvalue weighted by atomic mass is 16.2. The molecule has 5 nitrogen and oxygen atoms in total. The molecular formula is C12H23N3O2. The lowest BCUT2D eigenvalue weighted by Crippen LogP contribution is -2.62. The van der Waals surface area contributed by atoms with E-state index in [2.05, 4.69) is 10.6 Å². The van der Waals surface area contributed by atoms with Gasteiger partial charge in [0.05, 0.1) is 12.1 Å². The fourth-order valence-electron chi connectivity index (χ4n) is 1.86. The second-order valence-corrected chi connectivity index (χ2v) is 6.08. The van der Waals surface area contributed by atoms with Gasteiger partial charge in [0.15, 0.2) is 0 Å². The van der Waals surface area contributed by atoms with Gasteiger partial charge in [0.25, 0.3) is 0 Å². The molecule has 0 bridgehead atoms. The molecule has 1 rings (SSSR count). The van der Waals surface area contributed by atoms with E-state index >= 15 is 0 Å². The summed E-state index contributed by atoms with van der Waals surface area (Å²) in [7, 11) is 0. The fraction of sp³-hybridized carbons (Fsp3) is 0.833. The summed E-state index contributed by atoms with van der Waals surface area (Å²) in [5, 5.41) is 6.00. The van der Waals surface area contributed by atoms with E-state index < -0.39 is 5.54 Å². The van der Waals surface area contributed by atoms with Crippen LogP contribution in [0.2, 0.25) is 0 Å². The molecule has 0 aromatic rings. The fourth-order valence-corrected chi connectivity index (χ4v) is 1.86. The van der Waals surface area contributed by atoms with Crippen LogP contribution in [0.15, 0.2) is 0 Å². The third-order valence-electron chi connectivity index (χ3n) is 2.62. The number of hydrogen-bond donors (Lipinski definition) is 2. The Morgan fingerprint density at radius 3 is 2.59 bits per heavy atom. The summed E-state index contributed by atoms with van der Waals surface area (Å²) in [6.07, 6.45) is 0. The molecule has 0 unspecified atom stereocenters. The molecule has 2 N–H and O–H groups in total. The standard InChI is InChI=1S/C12H23N3O2/c1-11(2,3)14-9(16)8-15-7-6-13-12(4,5)10(15)17/h13H,6-8H2,1-5H3,(H,14,16). The minimum Gasteiger partial charge on any atom is -0.350 e. The Morgan fingerprint density at radius 2 is 2.06 bits per heavy atom. The van der Waals surface area contributed by atoms with Gasteiger partial charge in [-0.1, -0.05) is 0 Å². The number of rotatable bonds is 2. The second kappa shape index (κ2) is 4.64. The average molecular weight is 241 g/mol. The summed E-state index contributed by atoms with van der Waals surface area (Å²) < 4.78 is 0. The normalized spacial score (nSPS) is 20.3. The van der Waals surface area contributed by atoms with Gasteiger partial charge in [-0.2, -0.15) is 0 Å². The van der Waals surface area contributed by atoms with Crippen molar-refractivity contribution in [2.45, 2.75) is 45.7 Å². The Balaban J connectivity index is 2.57. The Labute approximate surface area is 103 Å². The van der Waals surface area contributed by atoms with Gasteiger partial charge in [-0.05, 0) is 34.6 Å². The zero-order chi connectivity index (χ0) is 13.3. The molecule has 17 heavy (non-hydrogen) atoms. The van der Waals surface area contributed by atoms with Crippen molar-refractivity contribution in [2.75, 3.05) is 19.6 Å². The molecule has 1 heterocycles. The Kier molecular flexibility index (Phi) is 3.81. The van der Waals surface area contributed by atoms with Crippen molar-refractivity contribution in [3.05, 3.63) is 0 Å². The number of carbonyl (C=O) groups is 2. The van der Waals surface area contributed by atoms with Crippen LogP contribution in [0.3, 0.4) is 0 Å². The quantitative estimate of drug-likeness (QED) is 0.721. The molecular weight excluding hydrogens is 218 g/mol. The molecule has 1 saturated heterocycles. The van der Waals surface area contributed by atoms with Crippen LogP contribution in [-0.2, 0) is 9.59 Å². The molecule has 2 amide bonds. The summed E-state index contributed by atoms with van der Waals surface area (Å²) in [6, 6.07) is 0. The first-order chi connectivity index (χ1) is 7.62. The highest BCUT2D eigenvalue weighted by Gasteiger charge is 2.36. The zero-order valence-corrected chi connectivity index (χ0v) is 11.4. The van der Waals surface area contributed by atoms with Crippen LogP contribution in [0, 0.1) is 0 Å². The Hall–Kier alpha value is -1.10. The predicted octanol–water partition coefficient (Wildman–Crippen LogP) is 0.112. The molecule has 0 radical (unpaired) electrons. The monoisotopic (exact) mass is 241 g/mol. The minimum absolute atomic E-state index is 0.0205. The molecule has 0 aliphatic carbocycles. The lowest BCUT2D eigenvalue weighted by Gasteiger charge is -2.38. The van der Waals surface area contributed by atoms with Crippen LogP contribution in [0.5, 0.6) is 0 Å². The summed E-state index contributed by atoms with van der Waals surface area (Å²) in [4.78, 5) is 25.4. The first-order valence-corrected chi connectivity index (χ1v) is 5.97. The molecule has 98 valence electrons. The summed E-state index contributed by atoms with van der Waals surface area (Å²) in [6.45, 7) is 10.9. The molecule has 0 saturated carbocycles. The van der Waals surface area contributed by atoms with E-state index in [1.807, 2.05) is 34.6 Å². The first kappa shape index (κ1) is 14.0. The van der Waals surface area contributed by atoms with Crippen molar-refractivity contribution in [3.63, 3.8) is 0 Å². The summed E-state index contributed by atoms with van der Waals surface area (Å²) in [5.41, 5.74) is -0.829. The maximum atomic E-state index is 12.0. The van der Waals surface area contributed by atoms with Crippen LogP contribution in [0.4, 0.5) is 0 Å². The van der Waals surface area contributed by atoms with Crippen molar-refractivity contribution in [2.24, 2.45) is 0 Å². The van der Waals surface area contributed by atoms with E-state index in [-0.39, 0.29) is 23.9 Å². The predicted molar refractivity (Wildman–Crippen MR) is 66.6 cm³/mol. The van der Waals surface area contributed by atoms with Crippen LogP contribution in [0.1, 0.15) is 34.6 Å². The minimum atomic E-state index is -0.569. The summed E-state index contributed by atoms with van der Waals surface area (Å²) in [5.74, 6) is -0.128. The maximum Gasteiger partial charge on any atom is 0.242 e. The number of nitrogens with zero attached hydrogens (tertiary/aromatic N) is 1. The molecule has 0 atom stereocenters. The Morgan fingerprint density at radius 1 is 1.47 bits per heavy atom. The van der Waals surface area contributed by atoms with Crippen molar-refractivity contribution in [1.82, 2.24) is 15.5 Å². The van der Waals surface area contributed by atoms with E-state index in [1.165, 1.54) is 0 Å². The van der Waals surface area contributed by atoms with Crippen LogP contribution in [-0.4, -0.2) is 47.4 Å². The largest absolute Gasteiger partial charge is 0.350 e. The summed E-state index contributed by atoms with van der Waals surface area (Å²) >= 11 is 0. The van der Waals surface area contributed by atoms with Crippen molar-refractivity contribution < 1.29 is 9.59 Å². The van der Waals surface area contributed by atoms with E-state index in [0.717, 1.165) is 6.54 Å². The van der Waals surface area contributed by atoms with Gasteiger partial charge in [0, 0.05) is 18.6 Å². The second-order valence-electron chi connectivity index (χ2n) is 6.08. The van der Waals surface area contributed by atoms with Gasteiger partial charge in [0.2, 0.25) is 11.8 Å². The topological polar surface area (TPSA) is 61.4 Å². The van der Waals surface area contributed by atoms with E-state index in [1.54, 1.807) is 4.90 Å². The number of amides is 2. The molecule has 1 aliphatic rings. The number of carbonyl (C=O) groups excluding carboxylic acids is 2. The molecule has 1 fully saturated rings. The average Bonchev–Trinajstić information content (AvgIpc) is 2.09. The molecule has 0 aromatic heterocycles.